The smallest absolute Gasteiger partial charge is 0.321 e. The molecule has 0 aromatic heterocycles. The summed E-state index contributed by atoms with van der Waals surface area (Å²) in [5.41, 5.74) is 0. The van der Waals surface area contributed by atoms with E-state index in [9.17, 15) is 9.59 Å². The topological polar surface area (TPSA) is 73.8 Å². The Hall–Kier alpha value is -1.24. The first-order valence-electron chi connectivity index (χ1n) is 6.10. The molecule has 1 fully saturated rings. The maximum atomic E-state index is 11.7. The average Bonchev–Trinajstić information content (AvgIpc) is 2.88. The minimum absolute atomic E-state index is 0.0999. The number of thioether (sulfide) groups is 1. The highest BCUT2D eigenvalue weighted by atomic mass is 32.2. The van der Waals surface area contributed by atoms with Gasteiger partial charge in [0.2, 0.25) is 5.91 Å². The number of carbonyl (C=O) groups excluding carboxylic acids is 2. The van der Waals surface area contributed by atoms with Gasteiger partial charge >= 0.3 is 6.03 Å². The lowest BCUT2D eigenvalue weighted by atomic mass is 10.3. The summed E-state index contributed by atoms with van der Waals surface area (Å²) in [7, 11) is 0. The van der Waals surface area contributed by atoms with Crippen LogP contribution < -0.4 is 10.6 Å². The van der Waals surface area contributed by atoms with Gasteiger partial charge in [-0.3, -0.25) is 15.1 Å². The number of aliphatic imine (C=N–C) groups is 1. The monoisotopic (exact) mass is 270 g/mol. The molecule has 2 aliphatic rings. The molecule has 2 aliphatic heterocycles. The lowest BCUT2D eigenvalue weighted by molar-refractivity contribution is -0.129. The summed E-state index contributed by atoms with van der Waals surface area (Å²) in [5.74, 6) is 1.02. The maximum Gasteiger partial charge on any atom is 0.321 e. The zero-order chi connectivity index (χ0) is 13.1. The molecule has 0 aliphatic carbocycles. The summed E-state index contributed by atoms with van der Waals surface area (Å²) < 4.78 is 0. The maximum absolute atomic E-state index is 11.7. The van der Waals surface area contributed by atoms with Crippen LogP contribution in [-0.2, 0) is 4.79 Å². The van der Waals surface area contributed by atoms with Crippen molar-refractivity contribution in [2.24, 2.45) is 4.99 Å². The van der Waals surface area contributed by atoms with E-state index in [1.54, 1.807) is 4.90 Å². The zero-order valence-electron chi connectivity index (χ0n) is 10.6. The lowest BCUT2D eigenvalue weighted by Gasteiger charge is -2.21. The van der Waals surface area contributed by atoms with Gasteiger partial charge in [0, 0.05) is 24.8 Å². The summed E-state index contributed by atoms with van der Waals surface area (Å²) in [5, 5.41) is 6.18. The summed E-state index contributed by atoms with van der Waals surface area (Å²) in [6, 6.07) is -0.194. The van der Waals surface area contributed by atoms with Crippen molar-refractivity contribution in [3.8, 4) is 0 Å². The molecule has 2 rings (SSSR count). The largest absolute Gasteiger partial charge is 0.338 e. The summed E-state index contributed by atoms with van der Waals surface area (Å²) in [6.45, 7) is 5.29. The number of carbonyl (C=O) groups is 2. The van der Waals surface area contributed by atoms with Crippen LogP contribution in [0.3, 0.4) is 0 Å². The number of hydrogen-bond acceptors (Lipinski definition) is 4. The van der Waals surface area contributed by atoms with E-state index in [0.29, 0.717) is 18.1 Å². The van der Waals surface area contributed by atoms with E-state index < -0.39 is 0 Å². The third-order valence-corrected chi connectivity index (χ3v) is 3.81. The molecular formula is C11H18N4O2S. The standard InChI is InChI=1S/C11H18N4O2S/c1-7(2)15-6-8(5-9(15)16)13-10(17)14-11-12-3-4-18-11/h7-8H,3-6H2,1-2H3,(H2,12,13,14,17). The molecule has 100 valence electrons. The van der Waals surface area contributed by atoms with Crippen molar-refractivity contribution in [1.82, 2.24) is 15.5 Å². The van der Waals surface area contributed by atoms with Crippen LogP contribution in [0, 0.1) is 0 Å². The summed E-state index contributed by atoms with van der Waals surface area (Å²) >= 11 is 1.54. The van der Waals surface area contributed by atoms with Gasteiger partial charge in [-0.1, -0.05) is 11.8 Å². The van der Waals surface area contributed by atoms with E-state index in [0.717, 1.165) is 12.3 Å². The number of urea groups is 1. The first kappa shape index (κ1) is 13.2. The predicted octanol–water partition coefficient (Wildman–Crippen LogP) is 0.398. The van der Waals surface area contributed by atoms with Gasteiger partial charge in [-0.25, -0.2) is 4.79 Å². The van der Waals surface area contributed by atoms with E-state index in [2.05, 4.69) is 15.6 Å². The molecule has 0 radical (unpaired) electrons. The number of amides is 3. The number of likely N-dealkylation sites (tertiary alicyclic amines) is 1. The van der Waals surface area contributed by atoms with Gasteiger partial charge in [0.15, 0.2) is 5.17 Å². The Bertz CT molecular complexity index is 383. The Balaban J connectivity index is 1.80. The Morgan fingerprint density at radius 1 is 1.56 bits per heavy atom. The van der Waals surface area contributed by atoms with Gasteiger partial charge in [0.25, 0.3) is 0 Å². The average molecular weight is 270 g/mol. The molecular weight excluding hydrogens is 252 g/mol. The van der Waals surface area contributed by atoms with Gasteiger partial charge in [-0.15, -0.1) is 0 Å². The minimum atomic E-state index is -0.272. The number of amidine groups is 1. The zero-order valence-corrected chi connectivity index (χ0v) is 11.4. The Morgan fingerprint density at radius 3 is 2.89 bits per heavy atom. The first-order valence-corrected chi connectivity index (χ1v) is 7.09. The van der Waals surface area contributed by atoms with Crippen LogP contribution in [0.25, 0.3) is 0 Å². The highest BCUT2D eigenvalue weighted by molar-refractivity contribution is 8.14. The first-order chi connectivity index (χ1) is 8.56. The van der Waals surface area contributed by atoms with Crippen molar-refractivity contribution >= 4 is 28.9 Å². The fourth-order valence-corrected chi connectivity index (χ4v) is 2.78. The normalized spacial score (nSPS) is 23.5. The molecule has 6 nitrogen and oxygen atoms in total. The van der Waals surface area contributed by atoms with Gasteiger partial charge in [-0.05, 0) is 13.8 Å². The highest BCUT2D eigenvalue weighted by Gasteiger charge is 2.32. The van der Waals surface area contributed by atoms with Crippen LogP contribution >= 0.6 is 11.8 Å². The van der Waals surface area contributed by atoms with Gasteiger partial charge in [-0.2, -0.15) is 0 Å². The van der Waals surface area contributed by atoms with Crippen LogP contribution in [-0.4, -0.2) is 52.9 Å². The Labute approximate surface area is 111 Å². The molecule has 0 saturated carbocycles. The molecule has 1 unspecified atom stereocenters. The number of nitrogens with zero attached hydrogens (tertiary/aromatic N) is 2. The summed E-state index contributed by atoms with van der Waals surface area (Å²) in [4.78, 5) is 29.3. The second kappa shape index (κ2) is 5.60. The van der Waals surface area contributed by atoms with E-state index in [1.165, 1.54) is 11.8 Å². The van der Waals surface area contributed by atoms with E-state index >= 15 is 0 Å². The van der Waals surface area contributed by atoms with E-state index in [1.807, 2.05) is 13.8 Å². The van der Waals surface area contributed by atoms with Crippen molar-refractivity contribution in [2.75, 3.05) is 18.8 Å². The fourth-order valence-electron chi connectivity index (χ4n) is 2.06. The summed E-state index contributed by atoms with van der Waals surface area (Å²) in [6.07, 6.45) is 0.380. The second-order valence-electron chi connectivity index (χ2n) is 4.67. The molecule has 1 saturated heterocycles. The third-order valence-electron chi connectivity index (χ3n) is 2.92. The molecule has 7 heteroatoms. The minimum Gasteiger partial charge on any atom is -0.338 e. The molecule has 0 aromatic rings. The van der Waals surface area contributed by atoms with Crippen LogP contribution in [0.15, 0.2) is 4.99 Å². The molecule has 2 N–H and O–H groups in total. The van der Waals surface area contributed by atoms with E-state index in [4.69, 9.17) is 0 Å². The quantitative estimate of drug-likeness (QED) is 0.762. The predicted molar refractivity (Wildman–Crippen MR) is 71.7 cm³/mol. The molecule has 0 bridgehead atoms. The number of rotatable bonds is 2. The third kappa shape index (κ3) is 3.16. The van der Waals surface area contributed by atoms with Gasteiger partial charge in [0.1, 0.15) is 0 Å². The Kier molecular flexibility index (Phi) is 4.11. The SMILES string of the molecule is CC(C)N1CC(NC(=O)NC2=NCCS2)CC1=O. The van der Waals surface area contributed by atoms with Crippen LogP contribution in [0.5, 0.6) is 0 Å². The van der Waals surface area contributed by atoms with Gasteiger partial charge in [0.05, 0.1) is 12.6 Å². The number of nitrogens with one attached hydrogen (secondary N) is 2. The second-order valence-corrected chi connectivity index (χ2v) is 5.76. The molecule has 0 spiro atoms. The Morgan fingerprint density at radius 2 is 2.33 bits per heavy atom. The van der Waals surface area contributed by atoms with Crippen molar-refractivity contribution < 1.29 is 9.59 Å². The van der Waals surface area contributed by atoms with Crippen LogP contribution in [0.1, 0.15) is 20.3 Å². The number of hydrogen-bond donors (Lipinski definition) is 2. The molecule has 18 heavy (non-hydrogen) atoms. The van der Waals surface area contributed by atoms with Crippen molar-refractivity contribution in [1.29, 1.82) is 0 Å². The van der Waals surface area contributed by atoms with Crippen LogP contribution in [0.2, 0.25) is 0 Å². The van der Waals surface area contributed by atoms with Crippen molar-refractivity contribution in [3.05, 3.63) is 0 Å². The molecule has 1 atom stereocenters. The molecule has 3 amide bonds. The molecule has 0 aromatic carbocycles. The van der Waals surface area contributed by atoms with Crippen molar-refractivity contribution in [3.63, 3.8) is 0 Å². The lowest BCUT2D eigenvalue weighted by Crippen LogP contribution is -2.45. The van der Waals surface area contributed by atoms with Crippen molar-refractivity contribution in [2.45, 2.75) is 32.4 Å². The highest BCUT2D eigenvalue weighted by Crippen LogP contribution is 2.14. The van der Waals surface area contributed by atoms with E-state index in [-0.39, 0.29) is 24.0 Å². The molecule has 2 heterocycles. The van der Waals surface area contributed by atoms with Crippen LogP contribution in [0.4, 0.5) is 4.79 Å². The van der Waals surface area contributed by atoms with Gasteiger partial charge < -0.3 is 10.2 Å². The fraction of sp³-hybridized carbons (Fsp3) is 0.727.